The van der Waals surface area contributed by atoms with Crippen molar-refractivity contribution in [3.63, 3.8) is 0 Å². The first kappa shape index (κ1) is 14.8. The Labute approximate surface area is 110 Å². The van der Waals surface area contributed by atoms with Gasteiger partial charge in [-0.15, -0.1) is 0 Å². The first-order valence-electron chi connectivity index (χ1n) is 5.53. The van der Waals surface area contributed by atoms with Crippen LogP contribution in [0.2, 0.25) is 0 Å². The first-order chi connectivity index (χ1) is 8.95. The summed E-state index contributed by atoms with van der Waals surface area (Å²) in [7, 11) is 3.11. The molecular weight excluding hydrogens is 252 g/mol. The number of ether oxygens (including phenoxy) is 1. The van der Waals surface area contributed by atoms with Gasteiger partial charge in [0.25, 0.3) is 0 Å². The van der Waals surface area contributed by atoms with Crippen molar-refractivity contribution in [1.82, 2.24) is 4.90 Å². The average molecular weight is 268 g/mol. The molecule has 0 aliphatic heterocycles. The fourth-order valence-corrected chi connectivity index (χ4v) is 1.31. The molecule has 0 unspecified atom stereocenters. The van der Waals surface area contributed by atoms with Gasteiger partial charge in [-0.1, -0.05) is 0 Å². The van der Waals surface area contributed by atoms with Crippen molar-refractivity contribution in [2.75, 3.05) is 32.6 Å². The van der Waals surface area contributed by atoms with Crippen LogP contribution in [0, 0.1) is 0 Å². The van der Waals surface area contributed by atoms with Crippen molar-refractivity contribution in [3.05, 3.63) is 23.8 Å². The Morgan fingerprint density at radius 3 is 2.63 bits per heavy atom. The molecule has 19 heavy (non-hydrogen) atoms. The summed E-state index contributed by atoms with van der Waals surface area (Å²) in [5, 5.41) is 20.8. The van der Waals surface area contributed by atoms with E-state index in [4.69, 9.17) is 9.84 Å². The number of urea groups is 1. The van der Waals surface area contributed by atoms with Crippen LogP contribution in [0.15, 0.2) is 18.2 Å². The number of phenols is 1. The monoisotopic (exact) mass is 268 g/mol. The second-order valence-corrected chi connectivity index (χ2v) is 3.88. The largest absolute Gasteiger partial charge is 0.506 e. The van der Waals surface area contributed by atoms with Gasteiger partial charge in [-0.3, -0.25) is 0 Å². The highest BCUT2D eigenvalue weighted by Gasteiger charge is 2.12. The van der Waals surface area contributed by atoms with Crippen molar-refractivity contribution in [2.24, 2.45) is 0 Å². The van der Waals surface area contributed by atoms with E-state index >= 15 is 0 Å². The lowest BCUT2D eigenvalue weighted by atomic mass is 10.2. The molecule has 0 atom stereocenters. The molecule has 0 saturated carbocycles. The number of carbonyl (C=O) groups is 2. The minimum atomic E-state index is -1.15. The molecule has 0 fully saturated rings. The van der Waals surface area contributed by atoms with Crippen LogP contribution in [0.25, 0.3) is 0 Å². The number of hydrogen-bond donors (Lipinski definition) is 3. The molecule has 0 bridgehead atoms. The highest BCUT2D eigenvalue weighted by molar-refractivity contribution is 5.93. The van der Waals surface area contributed by atoms with Gasteiger partial charge in [-0.25, -0.2) is 9.59 Å². The van der Waals surface area contributed by atoms with Crippen molar-refractivity contribution < 1.29 is 24.5 Å². The molecule has 3 N–H and O–H groups in total. The maximum Gasteiger partial charge on any atom is 0.335 e. The van der Waals surface area contributed by atoms with Crippen molar-refractivity contribution in [3.8, 4) is 5.75 Å². The number of nitrogens with one attached hydrogen (secondary N) is 1. The molecule has 7 heteroatoms. The Morgan fingerprint density at radius 1 is 1.42 bits per heavy atom. The molecular formula is C12H16N2O5. The topological polar surface area (TPSA) is 99.1 Å². The van der Waals surface area contributed by atoms with Gasteiger partial charge in [-0.05, 0) is 18.2 Å². The van der Waals surface area contributed by atoms with Crippen LogP contribution in [0.4, 0.5) is 10.5 Å². The van der Waals surface area contributed by atoms with Gasteiger partial charge in [0.05, 0.1) is 17.9 Å². The maximum atomic E-state index is 11.7. The zero-order valence-corrected chi connectivity index (χ0v) is 10.7. The Morgan fingerprint density at radius 2 is 2.11 bits per heavy atom. The predicted molar refractivity (Wildman–Crippen MR) is 68.6 cm³/mol. The van der Waals surface area contributed by atoms with E-state index in [1.54, 1.807) is 7.05 Å². The van der Waals surface area contributed by atoms with E-state index in [-0.39, 0.29) is 17.0 Å². The number of phenolic OH excluding ortho intramolecular Hbond substituents is 1. The molecule has 0 aromatic heterocycles. The zero-order chi connectivity index (χ0) is 14.4. The van der Waals surface area contributed by atoms with Gasteiger partial charge in [0.15, 0.2) is 0 Å². The van der Waals surface area contributed by atoms with Gasteiger partial charge in [0.1, 0.15) is 5.75 Å². The molecule has 1 aromatic carbocycles. The number of aromatic carboxylic acids is 1. The Hall–Kier alpha value is -2.28. The van der Waals surface area contributed by atoms with Crippen molar-refractivity contribution >= 4 is 17.7 Å². The molecule has 2 amide bonds. The van der Waals surface area contributed by atoms with Crippen LogP contribution >= 0.6 is 0 Å². The van der Waals surface area contributed by atoms with Gasteiger partial charge in [0, 0.05) is 20.7 Å². The number of carboxylic acids is 1. The lowest BCUT2D eigenvalue weighted by molar-refractivity contribution is 0.0696. The molecule has 104 valence electrons. The fourth-order valence-electron chi connectivity index (χ4n) is 1.31. The number of carbonyl (C=O) groups excluding carboxylic acids is 1. The minimum Gasteiger partial charge on any atom is -0.506 e. The number of aromatic hydroxyl groups is 1. The number of carboxylic acid groups (broad SMARTS) is 1. The summed E-state index contributed by atoms with van der Waals surface area (Å²) >= 11 is 0. The van der Waals surface area contributed by atoms with E-state index in [2.05, 4.69) is 5.32 Å². The molecule has 1 aromatic rings. The number of rotatable bonds is 5. The molecule has 0 radical (unpaired) electrons. The Bertz CT molecular complexity index is 475. The van der Waals surface area contributed by atoms with Crippen LogP contribution in [0.1, 0.15) is 10.4 Å². The van der Waals surface area contributed by atoms with Crippen LogP contribution in [-0.4, -0.2) is 54.4 Å². The molecule has 0 aliphatic rings. The van der Waals surface area contributed by atoms with Crippen molar-refractivity contribution in [1.29, 1.82) is 0 Å². The third-order valence-electron chi connectivity index (χ3n) is 2.46. The third-order valence-corrected chi connectivity index (χ3v) is 2.46. The molecule has 0 heterocycles. The van der Waals surface area contributed by atoms with Gasteiger partial charge in [-0.2, -0.15) is 0 Å². The fraction of sp³-hybridized carbons (Fsp3) is 0.333. The third kappa shape index (κ3) is 4.14. The highest BCUT2D eigenvalue weighted by atomic mass is 16.5. The quantitative estimate of drug-likeness (QED) is 0.697. The summed E-state index contributed by atoms with van der Waals surface area (Å²) in [5.41, 5.74) is 0.0995. The second kappa shape index (κ2) is 6.60. The highest BCUT2D eigenvalue weighted by Crippen LogP contribution is 2.24. The van der Waals surface area contributed by atoms with Gasteiger partial charge >= 0.3 is 12.0 Å². The van der Waals surface area contributed by atoms with Crippen LogP contribution in [0.3, 0.4) is 0 Å². The maximum absolute atomic E-state index is 11.7. The number of anilines is 1. The van der Waals surface area contributed by atoms with E-state index in [1.165, 1.54) is 24.1 Å². The lowest BCUT2D eigenvalue weighted by Gasteiger charge is -2.17. The number of amides is 2. The standard InChI is InChI=1S/C12H16N2O5/c1-14(5-6-19-2)12(18)13-9-4-3-8(11(16)17)7-10(9)15/h3-4,7,15H,5-6H2,1-2H3,(H,13,18)(H,16,17). The molecule has 1 rings (SSSR count). The minimum absolute atomic E-state index is 0.0526. The SMILES string of the molecule is COCCN(C)C(=O)Nc1ccc(C(=O)O)cc1O. The average Bonchev–Trinajstić information content (AvgIpc) is 2.37. The summed E-state index contributed by atoms with van der Waals surface area (Å²) in [6, 6.07) is 3.29. The number of methoxy groups -OCH3 is 1. The van der Waals surface area contributed by atoms with E-state index in [1.807, 2.05) is 0 Å². The lowest BCUT2D eigenvalue weighted by Crippen LogP contribution is -2.33. The summed E-state index contributed by atoms with van der Waals surface area (Å²) in [4.78, 5) is 23.8. The zero-order valence-electron chi connectivity index (χ0n) is 10.7. The Balaban J connectivity index is 2.72. The van der Waals surface area contributed by atoms with Crippen LogP contribution in [0.5, 0.6) is 5.75 Å². The van der Waals surface area contributed by atoms with Gasteiger partial charge in [0.2, 0.25) is 0 Å². The van der Waals surface area contributed by atoms with Crippen LogP contribution < -0.4 is 5.32 Å². The summed E-state index contributed by atoms with van der Waals surface area (Å²) in [5.74, 6) is -1.45. The first-order valence-corrected chi connectivity index (χ1v) is 5.53. The van der Waals surface area contributed by atoms with Crippen molar-refractivity contribution in [2.45, 2.75) is 0 Å². The molecule has 7 nitrogen and oxygen atoms in total. The number of likely N-dealkylation sites (N-methyl/N-ethyl adjacent to an activating group) is 1. The molecule has 0 aliphatic carbocycles. The summed E-state index contributed by atoms with van der Waals surface area (Å²) < 4.78 is 4.84. The summed E-state index contributed by atoms with van der Waals surface area (Å²) in [6.07, 6.45) is 0. The molecule has 0 saturated heterocycles. The van der Waals surface area contributed by atoms with E-state index in [9.17, 15) is 14.7 Å². The molecule has 0 spiro atoms. The van der Waals surface area contributed by atoms with Gasteiger partial charge < -0.3 is 25.2 Å². The smallest absolute Gasteiger partial charge is 0.335 e. The number of nitrogens with zero attached hydrogens (tertiary/aromatic N) is 1. The van der Waals surface area contributed by atoms with E-state index in [0.29, 0.717) is 13.2 Å². The van der Waals surface area contributed by atoms with E-state index in [0.717, 1.165) is 6.07 Å². The number of benzene rings is 1. The normalized spacial score (nSPS) is 10.0. The number of hydrogen-bond acceptors (Lipinski definition) is 4. The Kier molecular flexibility index (Phi) is 5.13. The predicted octanol–water partition coefficient (Wildman–Crippen LogP) is 1.20. The summed E-state index contributed by atoms with van der Waals surface area (Å²) in [6.45, 7) is 0.796. The second-order valence-electron chi connectivity index (χ2n) is 3.88. The van der Waals surface area contributed by atoms with Crippen LogP contribution in [-0.2, 0) is 4.74 Å². The van der Waals surface area contributed by atoms with E-state index < -0.39 is 12.0 Å².